The molecule has 0 bridgehead atoms. The van der Waals surface area contributed by atoms with E-state index < -0.39 is 12.0 Å². The van der Waals surface area contributed by atoms with Gasteiger partial charge in [-0.25, -0.2) is 9.79 Å². The number of hydrogen-bond donors (Lipinski definition) is 0. The third kappa shape index (κ3) is 4.15. The molecule has 1 atom stereocenters. The van der Waals surface area contributed by atoms with Crippen LogP contribution >= 0.6 is 38.6 Å². The second kappa shape index (κ2) is 9.32. The number of carbonyl (C=O) groups is 1. The van der Waals surface area contributed by atoms with Crippen molar-refractivity contribution in [2.45, 2.75) is 19.9 Å². The first-order valence-electron chi connectivity index (χ1n) is 10.5. The smallest absolute Gasteiger partial charge is 0.338 e. The van der Waals surface area contributed by atoms with Crippen LogP contribution in [0.1, 0.15) is 30.5 Å². The van der Waals surface area contributed by atoms with E-state index in [1.165, 1.54) is 22.7 Å². The first-order chi connectivity index (χ1) is 16.5. The van der Waals surface area contributed by atoms with Gasteiger partial charge in [0.15, 0.2) is 4.80 Å². The number of ether oxygens (including phenoxy) is 1. The molecule has 4 aromatic rings. The number of benzene rings is 1. The maximum absolute atomic E-state index is 13.5. The Morgan fingerprint density at radius 3 is 2.85 bits per heavy atom. The average molecular weight is 555 g/mol. The van der Waals surface area contributed by atoms with Crippen molar-refractivity contribution in [3.05, 3.63) is 100.0 Å². The van der Waals surface area contributed by atoms with Crippen molar-refractivity contribution in [2.24, 2.45) is 4.99 Å². The van der Waals surface area contributed by atoms with Gasteiger partial charge in [-0.1, -0.05) is 45.5 Å². The summed E-state index contributed by atoms with van der Waals surface area (Å²) in [6, 6.07) is 14.8. The van der Waals surface area contributed by atoms with E-state index >= 15 is 0 Å². The number of rotatable bonds is 5. The van der Waals surface area contributed by atoms with Crippen LogP contribution in [-0.2, 0) is 9.53 Å². The van der Waals surface area contributed by atoms with E-state index in [1.54, 1.807) is 24.5 Å². The molecule has 172 valence electrons. The summed E-state index contributed by atoms with van der Waals surface area (Å²) < 4.78 is 14.3. The molecule has 6 nitrogen and oxygen atoms in total. The van der Waals surface area contributed by atoms with Gasteiger partial charge in [0, 0.05) is 21.0 Å². The van der Waals surface area contributed by atoms with Crippen LogP contribution in [0.15, 0.2) is 83.9 Å². The molecule has 1 aromatic carbocycles. The Morgan fingerprint density at radius 2 is 2.12 bits per heavy atom. The van der Waals surface area contributed by atoms with E-state index in [2.05, 4.69) is 20.9 Å². The molecule has 0 N–H and O–H groups in total. The molecular formula is C25H19BrN2O4S2. The van der Waals surface area contributed by atoms with Gasteiger partial charge in [0.25, 0.3) is 5.56 Å². The Morgan fingerprint density at radius 1 is 1.26 bits per heavy atom. The lowest BCUT2D eigenvalue weighted by Gasteiger charge is -2.23. The molecule has 5 rings (SSSR count). The first-order valence-corrected chi connectivity index (χ1v) is 13.0. The van der Waals surface area contributed by atoms with E-state index in [4.69, 9.17) is 9.15 Å². The van der Waals surface area contributed by atoms with Crippen LogP contribution < -0.4 is 14.9 Å². The first kappa shape index (κ1) is 22.8. The van der Waals surface area contributed by atoms with Crippen molar-refractivity contribution >= 4 is 50.6 Å². The molecular weight excluding hydrogens is 536 g/mol. The molecule has 0 aliphatic carbocycles. The van der Waals surface area contributed by atoms with Crippen LogP contribution in [0.4, 0.5) is 0 Å². The van der Waals surface area contributed by atoms with Crippen LogP contribution in [-0.4, -0.2) is 17.1 Å². The van der Waals surface area contributed by atoms with Gasteiger partial charge in [-0.15, -0.1) is 11.3 Å². The standard InChI is InChI=1S/C25H19BrN2O4S2/c1-3-31-24(30)21-14(2)27-25-28(22(21)19-8-5-11-33-19)23(29)20(34-25)13-17-9-10-18(32-17)15-6-4-7-16(26)12-15/h4-13,22H,3H2,1-2H3/b20-13-/t22-/m0/s1. The monoisotopic (exact) mass is 554 g/mol. The van der Waals surface area contributed by atoms with Gasteiger partial charge in [-0.05, 0) is 49.6 Å². The van der Waals surface area contributed by atoms with Crippen LogP contribution in [0.3, 0.4) is 0 Å². The fourth-order valence-corrected chi connectivity index (χ4v) is 6.11. The Labute approximate surface area is 211 Å². The topological polar surface area (TPSA) is 73.8 Å². The number of thiophene rings is 1. The molecule has 0 saturated carbocycles. The van der Waals surface area contributed by atoms with Gasteiger partial charge >= 0.3 is 5.97 Å². The highest BCUT2D eigenvalue weighted by atomic mass is 79.9. The van der Waals surface area contributed by atoms with Gasteiger partial charge in [-0.2, -0.15) is 0 Å². The number of carbonyl (C=O) groups excluding carboxylic acids is 1. The minimum absolute atomic E-state index is 0.225. The number of aromatic nitrogens is 1. The highest BCUT2D eigenvalue weighted by Gasteiger charge is 2.33. The SMILES string of the molecule is CCOC(=O)C1=C(C)N=c2s/c(=C\c3ccc(-c4cccc(Br)c4)o3)c(=O)n2[C@H]1c1cccs1. The van der Waals surface area contributed by atoms with Crippen LogP contribution in [0.5, 0.6) is 0 Å². The van der Waals surface area contributed by atoms with Gasteiger partial charge in [0.2, 0.25) is 0 Å². The minimum Gasteiger partial charge on any atom is -0.463 e. The second-order valence-electron chi connectivity index (χ2n) is 7.53. The van der Waals surface area contributed by atoms with E-state index in [-0.39, 0.29) is 12.2 Å². The zero-order valence-electron chi connectivity index (χ0n) is 18.3. The summed E-state index contributed by atoms with van der Waals surface area (Å²) in [5.41, 5.74) is 1.65. The lowest BCUT2D eigenvalue weighted by Crippen LogP contribution is -2.39. The lowest BCUT2D eigenvalue weighted by molar-refractivity contribution is -0.139. The molecule has 0 amide bonds. The Balaban J connectivity index is 1.62. The number of thiazole rings is 1. The zero-order valence-corrected chi connectivity index (χ0v) is 21.5. The van der Waals surface area contributed by atoms with E-state index in [0.29, 0.717) is 32.1 Å². The van der Waals surface area contributed by atoms with Crippen LogP contribution in [0.2, 0.25) is 0 Å². The summed E-state index contributed by atoms with van der Waals surface area (Å²) in [5.74, 6) is 0.813. The maximum Gasteiger partial charge on any atom is 0.338 e. The highest BCUT2D eigenvalue weighted by Crippen LogP contribution is 2.33. The maximum atomic E-state index is 13.5. The summed E-state index contributed by atoms with van der Waals surface area (Å²) in [6.45, 7) is 3.78. The van der Waals surface area contributed by atoms with Crippen molar-refractivity contribution in [1.82, 2.24) is 4.57 Å². The summed E-state index contributed by atoms with van der Waals surface area (Å²) in [5, 5.41) is 1.93. The highest BCUT2D eigenvalue weighted by molar-refractivity contribution is 9.10. The molecule has 0 fully saturated rings. The van der Waals surface area contributed by atoms with Crippen molar-refractivity contribution < 1.29 is 13.9 Å². The van der Waals surface area contributed by atoms with Crippen LogP contribution in [0.25, 0.3) is 17.4 Å². The fourth-order valence-electron chi connectivity index (χ4n) is 3.86. The molecule has 9 heteroatoms. The molecule has 4 heterocycles. The number of hydrogen-bond acceptors (Lipinski definition) is 7. The van der Waals surface area contributed by atoms with E-state index in [1.807, 2.05) is 53.9 Å². The quantitative estimate of drug-likeness (QED) is 0.329. The Kier molecular flexibility index (Phi) is 6.24. The lowest BCUT2D eigenvalue weighted by atomic mass is 10.0. The largest absolute Gasteiger partial charge is 0.463 e. The van der Waals surface area contributed by atoms with E-state index in [0.717, 1.165) is 14.9 Å². The van der Waals surface area contributed by atoms with Crippen LogP contribution in [0, 0.1) is 0 Å². The van der Waals surface area contributed by atoms with Gasteiger partial charge < -0.3 is 9.15 Å². The normalized spacial score (nSPS) is 15.9. The molecule has 3 aromatic heterocycles. The number of halogens is 1. The van der Waals surface area contributed by atoms with Crippen molar-refractivity contribution in [1.29, 1.82) is 0 Å². The van der Waals surface area contributed by atoms with E-state index in [9.17, 15) is 9.59 Å². The predicted molar refractivity (Wildman–Crippen MR) is 137 cm³/mol. The summed E-state index contributed by atoms with van der Waals surface area (Å²) in [7, 11) is 0. The Bertz CT molecular complexity index is 1590. The summed E-state index contributed by atoms with van der Waals surface area (Å²) in [6.07, 6.45) is 1.72. The summed E-state index contributed by atoms with van der Waals surface area (Å²) >= 11 is 6.24. The van der Waals surface area contributed by atoms with Crippen molar-refractivity contribution in [3.63, 3.8) is 0 Å². The number of allylic oxidation sites excluding steroid dienone is 1. The third-order valence-electron chi connectivity index (χ3n) is 5.34. The number of fused-ring (bicyclic) bond motifs is 1. The van der Waals surface area contributed by atoms with Gasteiger partial charge in [-0.3, -0.25) is 9.36 Å². The van der Waals surface area contributed by atoms with Gasteiger partial charge in [0.1, 0.15) is 17.6 Å². The molecule has 0 radical (unpaired) electrons. The molecule has 1 aliphatic rings. The zero-order chi connectivity index (χ0) is 23.8. The van der Waals surface area contributed by atoms with Gasteiger partial charge in [0.05, 0.1) is 22.4 Å². The Hall–Kier alpha value is -3.01. The number of nitrogens with zero attached hydrogens (tertiary/aromatic N) is 2. The van der Waals surface area contributed by atoms with Crippen molar-refractivity contribution in [2.75, 3.05) is 6.61 Å². The second-order valence-corrected chi connectivity index (χ2v) is 10.4. The molecule has 1 aliphatic heterocycles. The molecule has 0 spiro atoms. The molecule has 0 unspecified atom stereocenters. The van der Waals surface area contributed by atoms with Crippen molar-refractivity contribution in [3.8, 4) is 11.3 Å². The number of furan rings is 1. The number of esters is 1. The summed E-state index contributed by atoms with van der Waals surface area (Å²) in [4.78, 5) is 32.4. The third-order valence-corrected chi connectivity index (χ3v) is 7.74. The average Bonchev–Trinajstić information content (AvgIpc) is 3.55. The molecule has 34 heavy (non-hydrogen) atoms. The molecule has 0 saturated heterocycles. The minimum atomic E-state index is -0.578. The predicted octanol–water partition coefficient (Wildman–Crippen LogP) is 4.88. The fraction of sp³-hybridized carbons (Fsp3) is 0.160.